The van der Waals surface area contributed by atoms with Crippen molar-refractivity contribution in [1.82, 2.24) is 0 Å². The molecule has 0 saturated carbocycles. The molecule has 0 fully saturated rings. The average molecular weight is 541 g/mol. The van der Waals surface area contributed by atoms with Crippen molar-refractivity contribution in [2.24, 2.45) is 0 Å². The van der Waals surface area contributed by atoms with E-state index in [-0.39, 0.29) is 10.8 Å². The second-order valence-corrected chi connectivity index (χ2v) is 10.8. The molecule has 4 aromatic carbocycles. The molecular formula is C36H44O4. The second-order valence-electron chi connectivity index (χ2n) is 10.8. The van der Waals surface area contributed by atoms with Gasteiger partial charge in [0.15, 0.2) is 0 Å². The van der Waals surface area contributed by atoms with E-state index in [1.807, 2.05) is 48.5 Å². The normalized spacial score (nSPS) is 11.5. The van der Waals surface area contributed by atoms with Gasteiger partial charge in [-0.1, -0.05) is 76.2 Å². The molecule has 4 heteroatoms. The van der Waals surface area contributed by atoms with Crippen molar-refractivity contribution in [2.45, 2.75) is 77.0 Å². The molecule has 0 aromatic heterocycles. The van der Waals surface area contributed by atoms with E-state index in [1.165, 1.54) is 22.3 Å². The van der Waals surface area contributed by atoms with E-state index in [0.29, 0.717) is 23.0 Å². The largest absolute Gasteiger partial charge is 0.508 e. The van der Waals surface area contributed by atoms with Gasteiger partial charge >= 0.3 is 0 Å². The summed E-state index contributed by atoms with van der Waals surface area (Å²) in [5, 5.41) is 37.7. The van der Waals surface area contributed by atoms with Crippen LogP contribution in [0.2, 0.25) is 0 Å². The number of rotatable bonds is 10. The van der Waals surface area contributed by atoms with Crippen LogP contribution in [0.3, 0.4) is 0 Å². The zero-order valence-corrected chi connectivity index (χ0v) is 24.3. The predicted octanol–water partition coefficient (Wildman–Crippen LogP) is 8.80. The Labute approximate surface area is 239 Å². The molecule has 40 heavy (non-hydrogen) atoms. The lowest BCUT2D eigenvalue weighted by Crippen LogP contribution is -2.27. The zero-order valence-electron chi connectivity index (χ0n) is 24.3. The Morgan fingerprint density at radius 3 is 0.825 bits per heavy atom. The topological polar surface area (TPSA) is 80.9 Å². The Morgan fingerprint density at radius 2 is 0.600 bits per heavy atom. The Balaban J connectivity index is 0.000000220. The van der Waals surface area contributed by atoms with Crippen molar-refractivity contribution >= 4 is 0 Å². The van der Waals surface area contributed by atoms with Crippen LogP contribution in [0.25, 0.3) is 0 Å². The van der Waals surface area contributed by atoms with Gasteiger partial charge < -0.3 is 20.4 Å². The van der Waals surface area contributed by atoms with Gasteiger partial charge in [0, 0.05) is 0 Å². The summed E-state index contributed by atoms with van der Waals surface area (Å²) in [4.78, 5) is 0. The van der Waals surface area contributed by atoms with Crippen molar-refractivity contribution in [2.75, 3.05) is 0 Å². The SMILES string of the molecule is CCC(CC)(Cc1ccc(O)cc1)c1ccc(O)cc1.CCC(CC)(Cc1ccc(O)cc1)c1ccc(O)cc1. The summed E-state index contributed by atoms with van der Waals surface area (Å²) in [5.41, 5.74) is 5.11. The number of hydrogen-bond donors (Lipinski definition) is 4. The number of phenols is 4. The van der Waals surface area contributed by atoms with Crippen molar-refractivity contribution in [1.29, 1.82) is 0 Å². The van der Waals surface area contributed by atoms with Crippen molar-refractivity contribution < 1.29 is 20.4 Å². The van der Waals surface area contributed by atoms with Crippen LogP contribution in [-0.4, -0.2) is 20.4 Å². The third-order valence-electron chi connectivity index (χ3n) is 8.62. The highest BCUT2D eigenvalue weighted by atomic mass is 16.3. The average Bonchev–Trinajstić information content (AvgIpc) is 2.98. The lowest BCUT2D eigenvalue weighted by molar-refractivity contribution is 0.391. The molecule has 4 N–H and O–H groups in total. The van der Waals surface area contributed by atoms with Gasteiger partial charge in [-0.25, -0.2) is 0 Å². The molecule has 0 aliphatic rings. The first-order valence-corrected chi connectivity index (χ1v) is 14.3. The molecule has 0 heterocycles. The highest BCUT2D eigenvalue weighted by Crippen LogP contribution is 2.37. The molecule has 0 spiro atoms. The number of phenolic OH excluding ortho intramolecular Hbond substituents is 4. The Morgan fingerprint density at radius 1 is 0.375 bits per heavy atom. The van der Waals surface area contributed by atoms with Gasteiger partial charge in [0.1, 0.15) is 23.0 Å². The predicted molar refractivity (Wildman–Crippen MR) is 164 cm³/mol. The van der Waals surface area contributed by atoms with Crippen molar-refractivity contribution in [3.63, 3.8) is 0 Å². The van der Waals surface area contributed by atoms with E-state index in [4.69, 9.17) is 0 Å². The molecule has 0 unspecified atom stereocenters. The second kappa shape index (κ2) is 13.9. The monoisotopic (exact) mass is 540 g/mol. The maximum absolute atomic E-state index is 9.46. The van der Waals surface area contributed by atoms with Gasteiger partial charge in [0.2, 0.25) is 0 Å². The fraction of sp³-hybridized carbons (Fsp3) is 0.333. The Hall–Kier alpha value is -3.92. The van der Waals surface area contributed by atoms with Gasteiger partial charge in [0.25, 0.3) is 0 Å². The van der Waals surface area contributed by atoms with Crippen molar-refractivity contribution in [3.8, 4) is 23.0 Å². The highest BCUT2D eigenvalue weighted by molar-refractivity contribution is 5.36. The van der Waals surface area contributed by atoms with Crippen LogP contribution in [0.1, 0.15) is 75.6 Å². The van der Waals surface area contributed by atoms with E-state index in [2.05, 4.69) is 27.7 Å². The smallest absolute Gasteiger partial charge is 0.115 e. The quantitative estimate of drug-likeness (QED) is 0.162. The number of hydrogen-bond acceptors (Lipinski definition) is 4. The molecule has 4 nitrogen and oxygen atoms in total. The van der Waals surface area contributed by atoms with Gasteiger partial charge in [0.05, 0.1) is 0 Å². The minimum Gasteiger partial charge on any atom is -0.508 e. The summed E-state index contributed by atoms with van der Waals surface area (Å²) in [5.74, 6) is 1.22. The van der Waals surface area contributed by atoms with Crippen molar-refractivity contribution in [3.05, 3.63) is 119 Å². The van der Waals surface area contributed by atoms with Gasteiger partial charge in [-0.05, 0) is 120 Å². The summed E-state index contributed by atoms with van der Waals surface area (Å²) in [6, 6.07) is 30.0. The third-order valence-corrected chi connectivity index (χ3v) is 8.62. The summed E-state index contributed by atoms with van der Waals surface area (Å²) < 4.78 is 0. The molecule has 0 radical (unpaired) electrons. The van der Waals surface area contributed by atoms with Gasteiger partial charge in [-0.3, -0.25) is 0 Å². The molecule has 4 aromatic rings. The van der Waals surface area contributed by atoms with Crippen LogP contribution in [-0.2, 0) is 23.7 Å². The summed E-state index contributed by atoms with van der Waals surface area (Å²) in [6.07, 6.45) is 6.02. The summed E-state index contributed by atoms with van der Waals surface area (Å²) in [7, 11) is 0. The zero-order chi connectivity index (χ0) is 29.2. The first-order valence-electron chi connectivity index (χ1n) is 14.3. The lowest BCUT2D eigenvalue weighted by atomic mass is 9.71. The van der Waals surface area contributed by atoms with E-state index in [1.54, 1.807) is 48.5 Å². The first-order chi connectivity index (χ1) is 19.2. The molecular weight excluding hydrogens is 496 g/mol. The molecule has 0 aliphatic carbocycles. The maximum atomic E-state index is 9.46. The fourth-order valence-electron chi connectivity index (χ4n) is 5.66. The molecule has 0 aliphatic heterocycles. The van der Waals surface area contributed by atoms with Crippen LogP contribution < -0.4 is 0 Å². The van der Waals surface area contributed by atoms with Gasteiger partial charge in [-0.2, -0.15) is 0 Å². The molecule has 212 valence electrons. The molecule has 0 amide bonds. The Bertz CT molecular complexity index is 1180. The lowest BCUT2D eigenvalue weighted by Gasteiger charge is -2.33. The minimum atomic E-state index is 0.0741. The molecule has 0 bridgehead atoms. The van der Waals surface area contributed by atoms with Crippen LogP contribution >= 0.6 is 0 Å². The summed E-state index contributed by atoms with van der Waals surface area (Å²) >= 11 is 0. The van der Waals surface area contributed by atoms with Crippen LogP contribution in [0.4, 0.5) is 0 Å². The van der Waals surface area contributed by atoms with Crippen LogP contribution in [0.5, 0.6) is 23.0 Å². The minimum absolute atomic E-state index is 0.0741. The standard InChI is InChI=1S/2C18H22O2/c2*1-3-18(4-2,15-7-11-17(20)12-8-15)13-14-5-9-16(19)10-6-14/h2*5-12,19-20H,3-4,13H2,1-2H3. The van der Waals surface area contributed by atoms with E-state index in [9.17, 15) is 20.4 Å². The number of benzene rings is 4. The number of aromatic hydroxyl groups is 4. The van der Waals surface area contributed by atoms with E-state index in [0.717, 1.165) is 38.5 Å². The maximum Gasteiger partial charge on any atom is 0.115 e. The van der Waals surface area contributed by atoms with Gasteiger partial charge in [-0.15, -0.1) is 0 Å². The van der Waals surface area contributed by atoms with Crippen LogP contribution in [0, 0.1) is 0 Å². The summed E-state index contributed by atoms with van der Waals surface area (Å²) in [6.45, 7) is 8.82. The first kappa shape index (κ1) is 30.6. The molecule has 4 rings (SSSR count). The molecule has 0 saturated heterocycles. The third kappa shape index (κ3) is 7.59. The van der Waals surface area contributed by atoms with E-state index < -0.39 is 0 Å². The Kier molecular flexibility index (Phi) is 10.7. The molecule has 0 atom stereocenters. The van der Waals surface area contributed by atoms with E-state index >= 15 is 0 Å². The van der Waals surface area contributed by atoms with Crippen LogP contribution in [0.15, 0.2) is 97.1 Å². The highest BCUT2D eigenvalue weighted by Gasteiger charge is 2.29. The fourth-order valence-corrected chi connectivity index (χ4v) is 5.66.